The maximum absolute atomic E-state index is 11.6. The van der Waals surface area contributed by atoms with E-state index in [9.17, 15) is 15.0 Å². The molecule has 6 nitrogen and oxygen atoms in total. The van der Waals surface area contributed by atoms with Gasteiger partial charge in [-0.15, -0.1) is 0 Å². The molecule has 2 aromatic carbocycles. The second-order valence-electron chi connectivity index (χ2n) is 6.81. The van der Waals surface area contributed by atoms with Gasteiger partial charge in [-0.25, -0.2) is 4.79 Å². The number of hydrogen-bond donors (Lipinski definition) is 2. The van der Waals surface area contributed by atoms with Crippen LogP contribution in [-0.4, -0.2) is 47.7 Å². The zero-order chi connectivity index (χ0) is 20.0. The minimum absolute atomic E-state index is 0.0532. The first-order chi connectivity index (χ1) is 13.5. The number of rotatable bonds is 9. The second-order valence-corrected chi connectivity index (χ2v) is 7.24. The molecule has 1 aliphatic heterocycles. The van der Waals surface area contributed by atoms with Gasteiger partial charge in [0.15, 0.2) is 5.60 Å². The number of aliphatic hydroxyl groups is 1. The molecule has 2 N–H and O–H groups in total. The number of halogens is 1. The first-order valence-electron chi connectivity index (χ1n) is 9.12. The van der Waals surface area contributed by atoms with Gasteiger partial charge in [-0.1, -0.05) is 23.7 Å². The van der Waals surface area contributed by atoms with Crippen molar-refractivity contribution in [2.24, 2.45) is 0 Å². The van der Waals surface area contributed by atoms with Crippen LogP contribution in [0.15, 0.2) is 48.5 Å². The lowest BCUT2D eigenvalue weighted by atomic mass is 9.91. The van der Waals surface area contributed by atoms with Crippen LogP contribution < -0.4 is 9.47 Å². The normalized spacial score (nSPS) is 19.9. The predicted molar refractivity (Wildman–Crippen MR) is 104 cm³/mol. The van der Waals surface area contributed by atoms with Gasteiger partial charge < -0.3 is 24.4 Å². The van der Waals surface area contributed by atoms with E-state index in [1.54, 1.807) is 42.5 Å². The standard InChI is InChI=1S/C21H23ClO6/c22-16-5-7-18(8-6-16)26-13-17(23)14-27-19-4-1-3-15(11-19)12-21(20(24)25)9-2-10-28-21/h1,3-8,11,17,23H,2,9-10,12-14H2,(H,24,25)/t17-,21?/m0/s1. The highest BCUT2D eigenvalue weighted by Crippen LogP contribution is 2.31. The minimum Gasteiger partial charge on any atom is -0.491 e. The summed E-state index contributed by atoms with van der Waals surface area (Å²) in [4.78, 5) is 11.6. The van der Waals surface area contributed by atoms with Gasteiger partial charge in [0.2, 0.25) is 0 Å². The Hall–Kier alpha value is -2.28. The maximum atomic E-state index is 11.6. The molecule has 1 unspecified atom stereocenters. The monoisotopic (exact) mass is 406 g/mol. The summed E-state index contributed by atoms with van der Waals surface area (Å²) in [7, 11) is 0. The molecule has 28 heavy (non-hydrogen) atoms. The molecule has 0 spiro atoms. The van der Waals surface area contributed by atoms with Gasteiger partial charge in [-0.2, -0.15) is 0 Å². The lowest BCUT2D eigenvalue weighted by molar-refractivity contribution is -0.159. The topological polar surface area (TPSA) is 85.2 Å². The van der Waals surface area contributed by atoms with Crippen molar-refractivity contribution >= 4 is 17.6 Å². The fraction of sp³-hybridized carbons (Fsp3) is 0.381. The Morgan fingerprint density at radius 3 is 2.50 bits per heavy atom. The number of carboxylic acids is 1. The molecule has 2 atom stereocenters. The van der Waals surface area contributed by atoms with E-state index in [-0.39, 0.29) is 19.6 Å². The third-order valence-corrected chi connectivity index (χ3v) is 4.83. The Kier molecular flexibility index (Phi) is 6.78. The molecule has 0 aromatic heterocycles. The number of aliphatic carboxylic acids is 1. The average Bonchev–Trinajstić information content (AvgIpc) is 3.16. The largest absolute Gasteiger partial charge is 0.491 e. The van der Waals surface area contributed by atoms with E-state index in [0.717, 1.165) is 12.0 Å². The summed E-state index contributed by atoms with van der Waals surface area (Å²) in [5.74, 6) is 0.230. The summed E-state index contributed by atoms with van der Waals surface area (Å²) in [5.41, 5.74) is -0.349. The predicted octanol–water partition coefficient (Wildman–Crippen LogP) is 3.34. The zero-order valence-electron chi connectivity index (χ0n) is 15.3. The summed E-state index contributed by atoms with van der Waals surface area (Å²) in [6.07, 6.45) is 0.695. The Morgan fingerprint density at radius 2 is 1.86 bits per heavy atom. The van der Waals surface area contributed by atoms with E-state index >= 15 is 0 Å². The second kappa shape index (κ2) is 9.28. The quantitative estimate of drug-likeness (QED) is 0.664. The molecule has 150 valence electrons. The summed E-state index contributed by atoms with van der Waals surface area (Å²) in [6.45, 7) is 0.594. The van der Waals surface area contributed by atoms with Crippen LogP contribution in [0, 0.1) is 0 Å². The molecule has 0 amide bonds. The van der Waals surface area contributed by atoms with E-state index < -0.39 is 17.7 Å². The van der Waals surface area contributed by atoms with E-state index in [4.69, 9.17) is 25.8 Å². The molecule has 1 aliphatic rings. The summed E-state index contributed by atoms with van der Waals surface area (Å²) >= 11 is 5.82. The molecule has 1 heterocycles. The van der Waals surface area contributed by atoms with E-state index in [1.165, 1.54) is 0 Å². The molecule has 0 bridgehead atoms. The number of carbonyl (C=O) groups is 1. The molecule has 0 saturated carbocycles. The van der Waals surface area contributed by atoms with Gasteiger partial charge in [-0.05, 0) is 54.8 Å². The van der Waals surface area contributed by atoms with Gasteiger partial charge >= 0.3 is 5.97 Å². The van der Waals surface area contributed by atoms with Crippen molar-refractivity contribution in [3.63, 3.8) is 0 Å². The van der Waals surface area contributed by atoms with Crippen LogP contribution >= 0.6 is 11.6 Å². The summed E-state index contributed by atoms with van der Waals surface area (Å²) in [6, 6.07) is 14.1. The molecule has 1 fully saturated rings. The van der Waals surface area contributed by atoms with Gasteiger partial charge in [-0.3, -0.25) is 0 Å². The number of hydrogen-bond acceptors (Lipinski definition) is 5. The van der Waals surface area contributed by atoms with Crippen LogP contribution in [0.2, 0.25) is 5.02 Å². The van der Waals surface area contributed by atoms with Crippen molar-refractivity contribution in [3.05, 3.63) is 59.1 Å². The van der Waals surface area contributed by atoms with Crippen molar-refractivity contribution in [2.75, 3.05) is 19.8 Å². The van der Waals surface area contributed by atoms with Crippen LogP contribution in [-0.2, 0) is 16.0 Å². The van der Waals surface area contributed by atoms with Gasteiger partial charge in [0.1, 0.15) is 30.8 Å². The van der Waals surface area contributed by atoms with E-state index in [0.29, 0.717) is 29.5 Å². The van der Waals surface area contributed by atoms with Gasteiger partial charge in [0.05, 0.1) is 0 Å². The molecule has 0 aliphatic carbocycles. The van der Waals surface area contributed by atoms with Crippen molar-refractivity contribution in [2.45, 2.75) is 31.0 Å². The van der Waals surface area contributed by atoms with Crippen molar-refractivity contribution in [1.82, 2.24) is 0 Å². The first-order valence-corrected chi connectivity index (χ1v) is 9.50. The average molecular weight is 407 g/mol. The smallest absolute Gasteiger partial charge is 0.336 e. The summed E-state index contributed by atoms with van der Waals surface area (Å²) in [5, 5.41) is 20.2. The fourth-order valence-corrected chi connectivity index (χ4v) is 3.25. The van der Waals surface area contributed by atoms with Crippen molar-refractivity contribution < 1.29 is 29.2 Å². The lowest BCUT2D eigenvalue weighted by Crippen LogP contribution is -2.40. The van der Waals surface area contributed by atoms with Crippen LogP contribution in [0.4, 0.5) is 0 Å². The lowest BCUT2D eigenvalue weighted by Gasteiger charge is -2.23. The maximum Gasteiger partial charge on any atom is 0.336 e. The van der Waals surface area contributed by atoms with Crippen LogP contribution in [0.25, 0.3) is 0 Å². The molecule has 0 radical (unpaired) electrons. The Morgan fingerprint density at radius 1 is 1.14 bits per heavy atom. The Labute approximate surface area is 168 Å². The first kappa shape index (κ1) is 20.5. The third kappa shape index (κ3) is 5.38. The number of aliphatic hydroxyl groups excluding tert-OH is 1. The van der Waals surface area contributed by atoms with E-state index in [2.05, 4.69) is 0 Å². The highest BCUT2D eigenvalue weighted by molar-refractivity contribution is 6.30. The summed E-state index contributed by atoms with van der Waals surface area (Å²) < 4.78 is 16.6. The molecule has 1 saturated heterocycles. The van der Waals surface area contributed by atoms with Gasteiger partial charge in [0.25, 0.3) is 0 Å². The van der Waals surface area contributed by atoms with Crippen molar-refractivity contribution in [1.29, 1.82) is 0 Å². The third-order valence-electron chi connectivity index (χ3n) is 4.58. The SMILES string of the molecule is O=C(O)C1(Cc2cccc(OC[C@@H](O)COc3ccc(Cl)cc3)c2)CCCO1. The van der Waals surface area contributed by atoms with E-state index in [1.807, 2.05) is 6.07 Å². The number of carboxylic acid groups (broad SMARTS) is 1. The van der Waals surface area contributed by atoms with Crippen LogP contribution in [0.1, 0.15) is 18.4 Å². The van der Waals surface area contributed by atoms with Crippen LogP contribution in [0.3, 0.4) is 0 Å². The Balaban J connectivity index is 1.51. The van der Waals surface area contributed by atoms with Gasteiger partial charge in [0, 0.05) is 18.1 Å². The number of benzene rings is 2. The zero-order valence-corrected chi connectivity index (χ0v) is 16.1. The highest BCUT2D eigenvalue weighted by atomic mass is 35.5. The number of ether oxygens (including phenoxy) is 3. The molecular formula is C21H23ClO6. The minimum atomic E-state index is -1.16. The Bertz CT molecular complexity index is 786. The van der Waals surface area contributed by atoms with Crippen LogP contribution in [0.5, 0.6) is 11.5 Å². The fourth-order valence-electron chi connectivity index (χ4n) is 3.12. The molecule has 7 heteroatoms. The highest BCUT2D eigenvalue weighted by Gasteiger charge is 2.42. The van der Waals surface area contributed by atoms with Crippen molar-refractivity contribution in [3.8, 4) is 11.5 Å². The molecule has 3 rings (SSSR count). The molecular weight excluding hydrogens is 384 g/mol. The molecule has 2 aromatic rings.